The quantitative estimate of drug-likeness (QED) is 0.0556. The van der Waals surface area contributed by atoms with Crippen molar-refractivity contribution in [2.24, 2.45) is 0 Å². The molecule has 0 saturated heterocycles. The normalized spacial score (nSPS) is 14.3. The lowest BCUT2D eigenvalue weighted by Crippen LogP contribution is -2.48. The number of hydrogen-bond acceptors (Lipinski definition) is 4. The van der Waals surface area contributed by atoms with Gasteiger partial charge in [0.15, 0.2) is 0 Å². The number of aliphatic hydroxyl groups excluding tert-OH is 3. The fourth-order valence-electron chi connectivity index (χ4n) is 4.84. The Morgan fingerprint density at radius 3 is 1.56 bits per heavy atom. The molecule has 0 aliphatic carbocycles. The highest BCUT2D eigenvalue weighted by Gasteiger charge is 2.22. The van der Waals surface area contributed by atoms with Gasteiger partial charge in [-0.25, -0.2) is 0 Å². The summed E-state index contributed by atoms with van der Waals surface area (Å²) in [4.78, 5) is 12.3. The average molecular weight is 552 g/mol. The van der Waals surface area contributed by atoms with Crippen molar-refractivity contribution in [1.29, 1.82) is 0 Å². The number of amides is 1. The van der Waals surface area contributed by atoms with Gasteiger partial charge in [-0.05, 0) is 32.1 Å². The van der Waals surface area contributed by atoms with Crippen molar-refractivity contribution in [2.45, 2.75) is 180 Å². The number of carbonyl (C=O) groups excluding carboxylic acids is 1. The third kappa shape index (κ3) is 25.5. The molecule has 0 aliphatic heterocycles. The Balaban J connectivity index is 3.85. The van der Waals surface area contributed by atoms with E-state index in [1.54, 1.807) is 6.08 Å². The van der Waals surface area contributed by atoms with Crippen LogP contribution in [0.1, 0.15) is 162 Å². The second kappa shape index (κ2) is 29.8. The molecule has 0 rings (SSSR count). The first-order valence-electron chi connectivity index (χ1n) is 16.7. The minimum atomic E-state index is -1.10. The third-order valence-corrected chi connectivity index (χ3v) is 7.54. The number of allylic oxidation sites excluding steroid dienone is 3. The van der Waals surface area contributed by atoms with E-state index in [9.17, 15) is 20.1 Å². The summed E-state index contributed by atoms with van der Waals surface area (Å²) in [6.45, 7) is 4.12. The molecule has 39 heavy (non-hydrogen) atoms. The highest BCUT2D eigenvalue weighted by atomic mass is 16.3. The van der Waals surface area contributed by atoms with Gasteiger partial charge in [-0.1, -0.05) is 154 Å². The summed E-state index contributed by atoms with van der Waals surface area (Å²) >= 11 is 0. The van der Waals surface area contributed by atoms with Gasteiger partial charge in [0.1, 0.15) is 6.10 Å². The number of nitrogens with one attached hydrogen (secondary N) is 1. The maximum atomic E-state index is 12.3. The Kier molecular flexibility index (Phi) is 28.9. The molecule has 0 saturated carbocycles. The van der Waals surface area contributed by atoms with Gasteiger partial charge in [-0.15, -0.1) is 0 Å². The van der Waals surface area contributed by atoms with Crippen molar-refractivity contribution in [3.8, 4) is 0 Å². The Morgan fingerprint density at radius 1 is 0.615 bits per heavy atom. The van der Waals surface area contributed by atoms with Crippen molar-refractivity contribution >= 4 is 5.91 Å². The van der Waals surface area contributed by atoms with E-state index < -0.39 is 24.2 Å². The van der Waals surface area contributed by atoms with Crippen LogP contribution in [0, 0.1) is 0 Å². The van der Waals surface area contributed by atoms with E-state index in [1.807, 2.05) is 6.08 Å². The molecule has 0 aromatic rings. The van der Waals surface area contributed by atoms with Crippen LogP contribution in [-0.2, 0) is 4.79 Å². The van der Waals surface area contributed by atoms with Crippen molar-refractivity contribution in [1.82, 2.24) is 5.32 Å². The molecule has 0 radical (unpaired) electrons. The van der Waals surface area contributed by atoms with Gasteiger partial charge in [0.05, 0.1) is 18.8 Å². The number of aliphatic hydroxyl groups is 3. The summed E-state index contributed by atoms with van der Waals surface area (Å²) in [7, 11) is 0. The van der Waals surface area contributed by atoms with Crippen molar-refractivity contribution < 1.29 is 20.1 Å². The summed E-state index contributed by atoms with van der Waals surface area (Å²) in [6, 6.07) is -0.807. The van der Waals surface area contributed by atoms with Crippen LogP contribution >= 0.6 is 0 Å². The Hall–Kier alpha value is -1.17. The first-order chi connectivity index (χ1) is 19.1. The van der Waals surface area contributed by atoms with Crippen LogP contribution in [0.2, 0.25) is 0 Å². The molecule has 0 fully saturated rings. The highest BCUT2D eigenvalue weighted by Crippen LogP contribution is 2.13. The van der Waals surface area contributed by atoms with Crippen LogP contribution in [0.3, 0.4) is 0 Å². The van der Waals surface area contributed by atoms with E-state index >= 15 is 0 Å². The van der Waals surface area contributed by atoms with Crippen LogP contribution in [0.5, 0.6) is 0 Å². The minimum absolute atomic E-state index is 0.374. The molecule has 0 spiro atoms. The predicted octanol–water partition coefficient (Wildman–Crippen LogP) is 8.31. The second-order valence-corrected chi connectivity index (χ2v) is 11.4. The summed E-state index contributed by atoms with van der Waals surface area (Å²) in [6.07, 6.45) is 33.3. The number of unbranched alkanes of at least 4 members (excludes halogenated alkanes) is 19. The Bertz CT molecular complexity index is 578. The van der Waals surface area contributed by atoms with Gasteiger partial charge in [-0.2, -0.15) is 0 Å². The molecular formula is C34H65NO4. The number of hydrogen-bond donors (Lipinski definition) is 4. The van der Waals surface area contributed by atoms with Gasteiger partial charge in [0.2, 0.25) is 5.91 Å². The second-order valence-electron chi connectivity index (χ2n) is 11.4. The minimum Gasteiger partial charge on any atom is -0.394 e. The zero-order chi connectivity index (χ0) is 28.8. The molecule has 0 unspecified atom stereocenters. The molecule has 0 bridgehead atoms. The lowest BCUT2D eigenvalue weighted by Gasteiger charge is -2.21. The van der Waals surface area contributed by atoms with Crippen LogP contribution in [-0.4, -0.2) is 46.1 Å². The molecule has 0 aliphatic rings. The lowest BCUT2D eigenvalue weighted by molar-refractivity contribution is -0.131. The Morgan fingerprint density at radius 2 is 1.05 bits per heavy atom. The van der Waals surface area contributed by atoms with Crippen LogP contribution < -0.4 is 5.32 Å². The van der Waals surface area contributed by atoms with Gasteiger partial charge < -0.3 is 20.6 Å². The molecule has 5 nitrogen and oxygen atoms in total. The zero-order valence-electron chi connectivity index (χ0n) is 25.8. The van der Waals surface area contributed by atoms with Gasteiger partial charge in [0, 0.05) is 0 Å². The molecule has 4 N–H and O–H groups in total. The Labute approximate surface area is 241 Å². The van der Waals surface area contributed by atoms with E-state index in [0.717, 1.165) is 38.5 Å². The average Bonchev–Trinajstić information content (AvgIpc) is 2.94. The van der Waals surface area contributed by atoms with Crippen LogP contribution in [0.25, 0.3) is 0 Å². The van der Waals surface area contributed by atoms with Crippen molar-refractivity contribution in [3.63, 3.8) is 0 Å². The molecule has 1 amide bonds. The van der Waals surface area contributed by atoms with E-state index in [2.05, 4.69) is 31.3 Å². The van der Waals surface area contributed by atoms with Crippen LogP contribution in [0.15, 0.2) is 24.3 Å². The van der Waals surface area contributed by atoms with E-state index in [0.29, 0.717) is 6.42 Å². The molecular weight excluding hydrogens is 486 g/mol. The summed E-state index contributed by atoms with van der Waals surface area (Å²) in [5, 5.41) is 32.8. The maximum Gasteiger partial charge on any atom is 0.249 e. The molecule has 0 aromatic carbocycles. The van der Waals surface area contributed by atoms with Gasteiger partial charge >= 0.3 is 0 Å². The number of carbonyl (C=O) groups is 1. The summed E-state index contributed by atoms with van der Waals surface area (Å²) < 4.78 is 0. The van der Waals surface area contributed by atoms with Gasteiger partial charge in [-0.3, -0.25) is 4.79 Å². The first kappa shape index (κ1) is 37.8. The number of rotatable bonds is 29. The van der Waals surface area contributed by atoms with Crippen LogP contribution in [0.4, 0.5) is 0 Å². The van der Waals surface area contributed by atoms with Crippen molar-refractivity contribution in [3.05, 3.63) is 24.3 Å². The zero-order valence-corrected chi connectivity index (χ0v) is 25.8. The smallest absolute Gasteiger partial charge is 0.249 e. The lowest BCUT2D eigenvalue weighted by atomic mass is 10.0. The van der Waals surface area contributed by atoms with Crippen molar-refractivity contribution in [2.75, 3.05) is 6.61 Å². The monoisotopic (exact) mass is 551 g/mol. The maximum absolute atomic E-state index is 12.3. The summed E-state index contributed by atoms with van der Waals surface area (Å²) in [5.41, 5.74) is 0. The molecule has 0 heterocycles. The molecule has 5 heteroatoms. The molecule has 0 aromatic heterocycles. The molecule has 230 valence electrons. The predicted molar refractivity (Wildman–Crippen MR) is 167 cm³/mol. The van der Waals surface area contributed by atoms with E-state index in [1.165, 1.54) is 103 Å². The topological polar surface area (TPSA) is 89.8 Å². The first-order valence-corrected chi connectivity index (χ1v) is 16.7. The fraction of sp³-hybridized carbons (Fsp3) is 0.853. The third-order valence-electron chi connectivity index (χ3n) is 7.54. The van der Waals surface area contributed by atoms with E-state index in [-0.39, 0.29) is 6.61 Å². The largest absolute Gasteiger partial charge is 0.394 e. The van der Waals surface area contributed by atoms with E-state index in [4.69, 9.17) is 0 Å². The highest BCUT2D eigenvalue weighted by molar-refractivity contribution is 5.80. The molecule has 3 atom stereocenters. The van der Waals surface area contributed by atoms with Gasteiger partial charge in [0.25, 0.3) is 0 Å². The summed E-state index contributed by atoms with van der Waals surface area (Å²) in [5.74, 6) is -0.516. The fourth-order valence-corrected chi connectivity index (χ4v) is 4.84. The standard InChI is InChI=1S/C34H65NO4/c1-3-5-7-9-11-13-15-17-19-20-22-24-26-28-32(37)31(30-36)35-34(39)33(38)29-27-25-23-21-18-16-14-12-10-8-6-4-2/h19-20,26,28,31-33,36-38H,3-18,21-25,27,29-30H2,1-2H3,(H,35,39)/b20-19+,28-26+/t31-,32+,33+/m0/s1. The SMILES string of the molecule is CCCCCCCCC/C=C/CC/C=C/[C@@H](O)[C@H](CO)NC(=O)[C@H](O)CCCCCCCCCCCCCC.